The summed E-state index contributed by atoms with van der Waals surface area (Å²) in [6, 6.07) is 0. The molecule has 0 unspecified atom stereocenters. The van der Waals surface area contributed by atoms with Gasteiger partial charge in [0.1, 0.15) is 6.61 Å². The number of ether oxygens (including phenoxy) is 1. The number of halogens is 1. The molecule has 5 heteroatoms. The van der Waals surface area contributed by atoms with E-state index in [1.165, 1.54) is 18.4 Å². The second kappa shape index (κ2) is 31.9. The van der Waals surface area contributed by atoms with Gasteiger partial charge in [0, 0.05) is 25.2 Å². The highest BCUT2D eigenvalue weighted by Crippen LogP contribution is 2.21. The van der Waals surface area contributed by atoms with Crippen LogP contribution in [0, 0.1) is 25.7 Å². The van der Waals surface area contributed by atoms with Crippen molar-refractivity contribution in [3.05, 3.63) is 47.0 Å². The fourth-order valence-corrected chi connectivity index (χ4v) is 2.69. The van der Waals surface area contributed by atoms with Gasteiger partial charge in [0.2, 0.25) is 0 Å². The number of nitrogens with two attached hydrogens (primary N) is 1. The predicted molar refractivity (Wildman–Crippen MR) is 151 cm³/mol. The lowest BCUT2D eigenvalue weighted by Crippen LogP contribution is -2.27. The van der Waals surface area contributed by atoms with Gasteiger partial charge >= 0.3 is 0 Å². The number of hydrogen-bond donors (Lipinski definition) is 2. The Labute approximate surface area is 211 Å². The molecule has 1 aliphatic rings. The van der Waals surface area contributed by atoms with Crippen LogP contribution in [0.4, 0.5) is 0 Å². The van der Waals surface area contributed by atoms with Gasteiger partial charge in [0.05, 0.1) is 10.9 Å². The normalized spacial score (nSPS) is 14.6. The molecule has 0 saturated carbocycles. The molecule has 4 nitrogen and oxygen atoms in total. The van der Waals surface area contributed by atoms with Gasteiger partial charge in [-0.15, -0.1) is 25.7 Å². The first-order valence-corrected chi connectivity index (χ1v) is 12.2. The van der Waals surface area contributed by atoms with Gasteiger partial charge in [-0.2, -0.15) is 0 Å². The second-order valence-electron chi connectivity index (χ2n) is 6.91. The molecule has 3 N–H and O–H groups in total. The maximum atomic E-state index is 5.80. The number of rotatable bonds is 10. The molecule has 1 rings (SSSR count). The third-order valence-electron chi connectivity index (χ3n) is 3.81. The number of nitrogens with zero attached hydrogens (tertiary/aromatic N) is 1. The largest absolute Gasteiger partial charge is 0.494 e. The number of allylic oxidation sites excluding steroid dienone is 3. The number of terminal acetylenes is 2. The number of nitrogens with one attached hydrogen (secondary N) is 1. The Morgan fingerprint density at radius 2 is 1.73 bits per heavy atom. The summed E-state index contributed by atoms with van der Waals surface area (Å²) in [5.41, 5.74) is 7.79. The van der Waals surface area contributed by atoms with Crippen molar-refractivity contribution in [3.8, 4) is 25.7 Å². The maximum Gasteiger partial charge on any atom is 0.109 e. The molecule has 0 bridgehead atoms. The highest BCUT2D eigenvalue weighted by atomic mass is 35.5. The first-order chi connectivity index (χ1) is 15.9. The van der Waals surface area contributed by atoms with E-state index in [0.717, 1.165) is 56.8 Å². The fourth-order valence-electron chi connectivity index (χ4n) is 2.60. The van der Waals surface area contributed by atoms with E-state index in [4.69, 9.17) is 22.1 Å². The average Bonchev–Trinajstić information content (AvgIpc) is 2.82. The molecule has 0 aromatic rings. The molecule has 0 aliphatic carbocycles. The van der Waals surface area contributed by atoms with Gasteiger partial charge in [0.25, 0.3) is 0 Å². The van der Waals surface area contributed by atoms with Crippen LogP contribution < -0.4 is 11.1 Å². The number of likely N-dealkylation sites (N-methyl/N-ethyl adjacent to an activating group) is 1. The molecule has 1 fully saturated rings. The van der Waals surface area contributed by atoms with Crippen molar-refractivity contribution in [2.24, 2.45) is 5.73 Å². The lowest BCUT2D eigenvalue weighted by Gasteiger charge is -2.20. The highest BCUT2D eigenvalue weighted by molar-refractivity contribution is 6.28. The smallest absolute Gasteiger partial charge is 0.109 e. The standard InChI is InChI=1S/C19H32ClN3O.C3H8.C2H6.2C2H2/c1-4-13-23(3)14-16(2)22-12-6-8-18-11-10-17(15-24-18)7-5-9-19(20)21;1-3-2;3*1-2/h7-9,22H,2,4-6,10-15,21H2,1,3H3;3H2,1-2H3;1-2H3;2*1-2H/b17-7+,18-8+,19-9+;;;;. The van der Waals surface area contributed by atoms with Gasteiger partial charge in [0.15, 0.2) is 0 Å². The van der Waals surface area contributed by atoms with Gasteiger partial charge in [-0.25, -0.2) is 0 Å². The molecule has 1 saturated heterocycles. The van der Waals surface area contributed by atoms with E-state index in [1.807, 2.05) is 13.8 Å². The van der Waals surface area contributed by atoms with Gasteiger partial charge in [-0.05, 0) is 57.0 Å². The van der Waals surface area contributed by atoms with E-state index in [1.54, 1.807) is 6.08 Å². The van der Waals surface area contributed by atoms with E-state index in [2.05, 4.69) is 82.5 Å². The third kappa shape index (κ3) is 29.7. The monoisotopic (exact) mass is 479 g/mol. The Morgan fingerprint density at radius 3 is 2.18 bits per heavy atom. The molecule has 0 radical (unpaired) electrons. The van der Waals surface area contributed by atoms with Crippen molar-refractivity contribution in [2.45, 2.75) is 73.1 Å². The van der Waals surface area contributed by atoms with Gasteiger partial charge in [-0.3, -0.25) is 0 Å². The molecule has 190 valence electrons. The zero-order valence-corrected chi connectivity index (χ0v) is 22.9. The molecular weight excluding hydrogens is 430 g/mol. The van der Waals surface area contributed by atoms with Crippen molar-refractivity contribution in [1.82, 2.24) is 10.2 Å². The summed E-state index contributed by atoms with van der Waals surface area (Å²) in [4.78, 5) is 2.28. The summed E-state index contributed by atoms with van der Waals surface area (Å²) < 4.78 is 5.80. The molecular formula is C28H50ClN3O. The van der Waals surface area contributed by atoms with E-state index in [0.29, 0.717) is 11.8 Å². The average molecular weight is 480 g/mol. The topological polar surface area (TPSA) is 50.5 Å². The number of hydrogen-bond acceptors (Lipinski definition) is 4. The minimum atomic E-state index is 0.346. The summed E-state index contributed by atoms with van der Waals surface area (Å²) in [6.45, 7) is 18.1. The van der Waals surface area contributed by atoms with Crippen molar-refractivity contribution in [3.63, 3.8) is 0 Å². The quantitative estimate of drug-likeness (QED) is 0.156. The van der Waals surface area contributed by atoms with E-state index < -0.39 is 0 Å². The molecule has 0 atom stereocenters. The molecule has 1 aliphatic heterocycles. The van der Waals surface area contributed by atoms with E-state index in [9.17, 15) is 0 Å². The lowest BCUT2D eigenvalue weighted by atomic mass is 10.1. The van der Waals surface area contributed by atoms with E-state index >= 15 is 0 Å². The Morgan fingerprint density at radius 1 is 1.15 bits per heavy atom. The molecule has 0 amide bonds. The van der Waals surface area contributed by atoms with Crippen LogP contribution in [-0.4, -0.2) is 38.2 Å². The van der Waals surface area contributed by atoms with Gasteiger partial charge < -0.3 is 20.7 Å². The van der Waals surface area contributed by atoms with Crippen LogP contribution in [0.5, 0.6) is 0 Å². The molecule has 0 aromatic carbocycles. The van der Waals surface area contributed by atoms with Crippen LogP contribution in [0.15, 0.2) is 47.0 Å². The minimum Gasteiger partial charge on any atom is -0.494 e. The van der Waals surface area contributed by atoms with Crippen molar-refractivity contribution in [1.29, 1.82) is 0 Å². The fraction of sp³-hybridized carbons (Fsp3) is 0.571. The summed E-state index contributed by atoms with van der Waals surface area (Å²) in [7, 11) is 2.12. The summed E-state index contributed by atoms with van der Waals surface area (Å²) in [5.74, 6) is 1.09. The van der Waals surface area contributed by atoms with Crippen molar-refractivity contribution < 1.29 is 4.74 Å². The summed E-state index contributed by atoms with van der Waals surface area (Å²) in [6.07, 6.45) is 28.3. The first kappa shape index (κ1) is 38.0. The SMILES string of the molecule is C#C.C#C.C=C(CN(C)CCC)NCC/C=C1\CC/C(=C\C/C=C(/N)Cl)CO1.CC.CCC. The van der Waals surface area contributed by atoms with Crippen LogP contribution in [0.1, 0.15) is 73.1 Å². The zero-order chi connectivity index (χ0) is 26.5. The van der Waals surface area contributed by atoms with E-state index in [-0.39, 0.29) is 0 Å². The first-order valence-electron chi connectivity index (χ1n) is 11.8. The van der Waals surface area contributed by atoms with Gasteiger partial charge in [-0.1, -0.05) is 65.3 Å². The van der Waals surface area contributed by atoms with Crippen LogP contribution in [0.25, 0.3) is 0 Å². The Balaban J connectivity index is -0.000000410. The summed E-state index contributed by atoms with van der Waals surface area (Å²) >= 11 is 5.61. The highest BCUT2D eigenvalue weighted by Gasteiger charge is 2.10. The van der Waals surface area contributed by atoms with Crippen LogP contribution in [0.2, 0.25) is 0 Å². The predicted octanol–water partition coefficient (Wildman–Crippen LogP) is 6.81. The van der Waals surface area contributed by atoms with Crippen molar-refractivity contribution in [2.75, 3.05) is 33.3 Å². The molecule has 0 spiro atoms. The Hall–Kier alpha value is -2.27. The Bertz CT molecular complexity index is 552. The summed E-state index contributed by atoms with van der Waals surface area (Å²) in [5, 5.41) is 3.73. The van der Waals surface area contributed by atoms with Crippen LogP contribution in [-0.2, 0) is 4.74 Å². The zero-order valence-electron chi connectivity index (χ0n) is 22.1. The third-order valence-corrected chi connectivity index (χ3v) is 3.97. The van der Waals surface area contributed by atoms with Crippen molar-refractivity contribution >= 4 is 11.6 Å². The second-order valence-corrected chi connectivity index (χ2v) is 7.35. The lowest BCUT2D eigenvalue weighted by molar-refractivity contribution is 0.202. The molecule has 1 heterocycles. The molecule has 33 heavy (non-hydrogen) atoms. The minimum absolute atomic E-state index is 0.346. The molecule has 0 aromatic heterocycles. The van der Waals surface area contributed by atoms with Crippen LogP contribution >= 0.6 is 11.6 Å². The Kier molecular flexibility index (Phi) is 36.8. The maximum absolute atomic E-state index is 5.80. The van der Waals surface area contributed by atoms with Crippen LogP contribution in [0.3, 0.4) is 0 Å².